The standard InChI is InChI=1S/C23H29N5O3/c1-26(22(30)19(24)15-17-5-7-18(29)8-6-17)16-23(31)9-12-27(13-10-23)21-4-2-3-20-25-11-14-28(20)21/h2-8,11,14,19,29,31H,9-10,12-13,15-16,24H2,1H3/t19-/m0/s1. The van der Waals surface area contributed by atoms with Crippen molar-refractivity contribution in [3.05, 3.63) is 60.4 Å². The van der Waals surface area contributed by atoms with Gasteiger partial charge in [0.1, 0.15) is 17.2 Å². The van der Waals surface area contributed by atoms with E-state index in [4.69, 9.17) is 5.73 Å². The third-order valence-corrected chi connectivity index (χ3v) is 6.04. The van der Waals surface area contributed by atoms with Crippen molar-refractivity contribution in [1.82, 2.24) is 14.3 Å². The van der Waals surface area contributed by atoms with E-state index in [1.807, 2.05) is 22.7 Å². The highest BCUT2D eigenvalue weighted by Crippen LogP contribution is 2.27. The molecule has 1 aromatic carbocycles. The maximum absolute atomic E-state index is 12.8. The van der Waals surface area contributed by atoms with E-state index in [1.165, 1.54) is 4.90 Å². The van der Waals surface area contributed by atoms with E-state index in [1.54, 1.807) is 37.5 Å². The highest BCUT2D eigenvalue weighted by molar-refractivity contribution is 5.81. The van der Waals surface area contributed by atoms with Gasteiger partial charge in [0.05, 0.1) is 11.6 Å². The van der Waals surface area contributed by atoms with Gasteiger partial charge in [0.25, 0.3) is 0 Å². The van der Waals surface area contributed by atoms with Crippen LogP contribution in [-0.4, -0.2) is 68.7 Å². The molecule has 8 heteroatoms. The topological polar surface area (TPSA) is 107 Å². The number of anilines is 1. The van der Waals surface area contributed by atoms with E-state index < -0.39 is 11.6 Å². The molecule has 8 nitrogen and oxygen atoms in total. The van der Waals surface area contributed by atoms with Crippen LogP contribution in [0.2, 0.25) is 0 Å². The molecule has 1 fully saturated rings. The summed E-state index contributed by atoms with van der Waals surface area (Å²) in [6.07, 6.45) is 5.21. The van der Waals surface area contributed by atoms with E-state index in [2.05, 4.69) is 16.0 Å². The summed E-state index contributed by atoms with van der Waals surface area (Å²) in [4.78, 5) is 20.9. The number of phenolic OH excluding ortho intramolecular Hbond substituents is 1. The molecule has 0 radical (unpaired) electrons. The first-order valence-electron chi connectivity index (χ1n) is 10.5. The number of carbonyl (C=O) groups is 1. The molecule has 0 unspecified atom stereocenters. The van der Waals surface area contributed by atoms with Gasteiger partial charge >= 0.3 is 0 Å². The minimum atomic E-state index is -0.942. The average Bonchev–Trinajstić information content (AvgIpc) is 3.24. The Bertz CT molecular complexity index is 1040. The third kappa shape index (κ3) is 4.65. The molecular formula is C23H29N5O3. The van der Waals surface area contributed by atoms with Crippen LogP contribution < -0.4 is 10.6 Å². The molecule has 1 saturated heterocycles. The van der Waals surface area contributed by atoms with Crippen LogP contribution in [0.4, 0.5) is 5.82 Å². The van der Waals surface area contributed by atoms with Crippen molar-refractivity contribution in [2.45, 2.75) is 30.9 Å². The second kappa shape index (κ2) is 8.56. The number of hydrogen-bond donors (Lipinski definition) is 3. The predicted molar refractivity (Wildman–Crippen MR) is 119 cm³/mol. The first-order chi connectivity index (χ1) is 14.8. The fourth-order valence-corrected chi connectivity index (χ4v) is 4.28. The molecule has 1 aliphatic rings. The molecule has 0 aliphatic carbocycles. The predicted octanol–water partition coefficient (Wildman–Crippen LogP) is 1.40. The van der Waals surface area contributed by atoms with Crippen LogP contribution >= 0.6 is 0 Å². The minimum absolute atomic E-state index is 0.179. The smallest absolute Gasteiger partial charge is 0.239 e. The summed E-state index contributed by atoms with van der Waals surface area (Å²) in [6, 6.07) is 12.0. The SMILES string of the molecule is CN(CC1(O)CCN(c2cccc3nccn23)CC1)C(=O)[C@@H](N)Cc1ccc(O)cc1. The molecule has 0 spiro atoms. The number of fused-ring (bicyclic) bond motifs is 1. The molecule has 4 N–H and O–H groups in total. The quantitative estimate of drug-likeness (QED) is 0.553. The van der Waals surface area contributed by atoms with Crippen LogP contribution in [0, 0.1) is 0 Å². The van der Waals surface area contributed by atoms with Crippen LogP contribution in [0.1, 0.15) is 18.4 Å². The van der Waals surface area contributed by atoms with Gasteiger partial charge in [0.2, 0.25) is 5.91 Å². The van der Waals surface area contributed by atoms with Gasteiger partial charge in [-0.25, -0.2) is 4.98 Å². The highest BCUT2D eigenvalue weighted by Gasteiger charge is 2.35. The summed E-state index contributed by atoms with van der Waals surface area (Å²) in [5, 5.41) is 20.5. The minimum Gasteiger partial charge on any atom is -0.508 e. The van der Waals surface area contributed by atoms with Gasteiger partial charge < -0.3 is 25.7 Å². The number of aliphatic hydroxyl groups is 1. The Hall–Kier alpha value is -3.10. The maximum Gasteiger partial charge on any atom is 0.239 e. The molecule has 4 rings (SSSR count). The Morgan fingerprint density at radius 2 is 1.94 bits per heavy atom. The molecule has 3 heterocycles. The number of likely N-dealkylation sites (N-methyl/N-ethyl adjacent to an activating group) is 1. The number of benzene rings is 1. The Balaban J connectivity index is 1.34. The van der Waals surface area contributed by atoms with Crippen molar-refractivity contribution in [2.75, 3.05) is 31.6 Å². The van der Waals surface area contributed by atoms with Gasteiger partial charge in [-0.05, 0) is 49.1 Å². The number of rotatable bonds is 6. The Morgan fingerprint density at radius 1 is 1.23 bits per heavy atom. The average molecular weight is 424 g/mol. The molecule has 3 aromatic rings. The maximum atomic E-state index is 12.8. The summed E-state index contributed by atoms with van der Waals surface area (Å²) in [5.74, 6) is 1.03. The second-order valence-corrected chi connectivity index (χ2v) is 8.42. The summed E-state index contributed by atoms with van der Waals surface area (Å²) in [6.45, 7) is 1.63. The van der Waals surface area contributed by atoms with Crippen molar-refractivity contribution >= 4 is 17.4 Å². The fraction of sp³-hybridized carbons (Fsp3) is 0.391. The molecule has 2 aromatic heterocycles. The molecule has 1 aliphatic heterocycles. The van der Waals surface area contributed by atoms with Crippen LogP contribution in [0.25, 0.3) is 5.65 Å². The summed E-state index contributed by atoms with van der Waals surface area (Å²) < 4.78 is 2.04. The molecule has 1 atom stereocenters. The summed E-state index contributed by atoms with van der Waals surface area (Å²) in [7, 11) is 1.69. The number of hydrogen-bond acceptors (Lipinski definition) is 6. The zero-order valence-corrected chi connectivity index (χ0v) is 17.7. The number of imidazole rings is 1. The van der Waals surface area contributed by atoms with E-state index in [0.29, 0.717) is 32.4 Å². The van der Waals surface area contributed by atoms with Crippen molar-refractivity contribution in [3.8, 4) is 5.75 Å². The molecule has 1 amide bonds. The lowest BCUT2D eigenvalue weighted by Crippen LogP contribution is -2.54. The van der Waals surface area contributed by atoms with Crippen LogP contribution in [0.5, 0.6) is 5.75 Å². The van der Waals surface area contributed by atoms with Crippen LogP contribution in [0.3, 0.4) is 0 Å². The molecular weight excluding hydrogens is 394 g/mol. The van der Waals surface area contributed by atoms with Gasteiger partial charge in [0, 0.05) is 39.1 Å². The number of aromatic nitrogens is 2. The van der Waals surface area contributed by atoms with Crippen LogP contribution in [-0.2, 0) is 11.2 Å². The lowest BCUT2D eigenvalue weighted by Gasteiger charge is -2.41. The number of nitrogens with zero attached hydrogens (tertiary/aromatic N) is 4. The molecule has 0 saturated carbocycles. The Labute approximate surface area is 181 Å². The monoisotopic (exact) mass is 423 g/mol. The number of nitrogens with two attached hydrogens (primary N) is 1. The number of phenols is 1. The fourth-order valence-electron chi connectivity index (χ4n) is 4.28. The van der Waals surface area contributed by atoms with E-state index in [9.17, 15) is 15.0 Å². The van der Waals surface area contributed by atoms with Gasteiger partial charge in [-0.2, -0.15) is 0 Å². The van der Waals surface area contributed by atoms with Crippen LogP contribution in [0.15, 0.2) is 54.9 Å². The zero-order valence-electron chi connectivity index (χ0n) is 17.7. The molecule has 164 valence electrons. The second-order valence-electron chi connectivity index (χ2n) is 8.42. The van der Waals surface area contributed by atoms with Gasteiger partial charge in [-0.1, -0.05) is 18.2 Å². The number of amides is 1. The largest absolute Gasteiger partial charge is 0.508 e. The first-order valence-corrected chi connectivity index (χ1v) is 10.5. The van der Waals surface area contributed by atoms with E-state index in [-0.39, 0.29) is 18.2 Å². The normalized spacial score (nSPS) is 16.9. The lowest BCUT2D eigenvalue weighted by atomic mass is 9.90. The van der Waals surface area contributed by atoms with E-state index in [0.717, 1.165) is 17.0 Å². The van der Waals surface area contributed by atoms with Crippen molar-refractivity contribution < 1.29 is 15.0 Å². The van der Waals surface area contributed by atoms with Crippen molar-refractivity contribution in [1.29, 1.82) is 0 Å². The lowest BCUT2D eigenvalue weighted by molar-refractivity contribution is -0.135. The summed E-state index contributed by atoms with van der Waals surface area (Å²) in [5.41, 5.74) is 6.96. The molecule has 31 heavy (non-hydrogen) atoms. The number of pyridine rings is 1. The number of carbonyl (C=O) groups excluding carboxylic acids is 1. The van der Waals surface area contributed by atoms with E-state index >= 15 is 0 Å². The summed E-state index contributed by atoms with van der Waals surface area (Å²) >= 11 is 0. The molecule has 0 bridgehead atoms. The Kier molecular flexibility index (Phi) is 5.84. The van der Waals surface area contributed by atoms with Gasteiger partial charge in [-0.3, -0.25) is 9.20 Å². The van der Waals surface area contributed by atoms with Gasteiger partial charge in [-0.15, -0.1) is 0 Å². The van der Waals surface area contributed by atoms with Gasteiger partial charge in [0.15, 0.2) is 0 Å². The zero-order chi connectivity index (χ0) is 22.0. The van der Waals surface area contributed by atoms with Crippen molar-refractivity contribution in [3.63, 3.8) is 0 Å². The van der Waals surface area contributed by atoms with Crippen molar-refractivity contribution in [2.24, 2.45) is 5.73 Å². The third-order valence-electron chi connectivity index (χ3n) is 6.04. The Morgan fingerprint density at radius 3 is 2.65 bits per heavy atom. The number of aromatic hydroxyl groups is 1. The highest BCUT2D eigenvalue weighted by atomic mass is 16.3. The number of piperidine rings is 1. The first kappa shape index (κ1) is 21.1.